The molecule has 0 fully saturated rings. The number of carboxylic acids is 1. The smallest absolute Gasteiger partial charge is 0.339 e. The number of carboxylic acid groups (broad SMARTS) is 1. The molecule has 0 aliphatic carbocycles. The Balaban J connectivity index is 2.67. The highest BCUT2D eigenvalue weighted by Gasteiger charge is 2.17. The zero-order valence-electron chi connectivity index (χ0n) is 9.31. The van der Waals surface area contributed by atoms with E-state index in [0.29, 0.717) is 16.3 Å². The van der Waals surface area contributed by atoms with Crippen LogP contribution in [0.25, 0.3) is 5.82 Å². The van der Waals surface area contributed by atoms with Crippen molar-refractivity contribution in [2.75, 3.05) is 0 Å². The first kappa shape index (κ1) is 11.6. The molecule has 1 N–H and O–H groups in total. The van der Waals surface area contributed by atoms with Gasteiger partial charge in [-0.1, -0.05) is 11.6 Å². The van der Waals surface area contributed by atoms with Crippen molar-refractivity contribution in [3.8, 4) is 5.82 Å². The van der Waals surface area contributed by atoms with Crippen molar-refractivity contribution in [2.24, 2.45) is 0 Å². The number of aromatic nitrogens is 3. The fraction of sp³-hybridized carbons (Fsp3) is 0.182. The number of pyridine rings is 1. The van der Waals surface area contributed by atoms with E-state index in [1.165, 1.54) is 4.68 Å². The molecule has 2 heterocycles. The summed E-state index contributed by atoms with van der Waals surface area (Å²) in [4.78, 5) is 15.2. The maximum Gasteiger partial charge on any atom is 0.339 e. The first-order valence-electron chi connectivity index (χ1n) is 4.91. The van der Waals surface area contributed by atoms with Crippen LogP contribution in [0.2, 0.25) is 5.02 Å². The number of aryl methyl sites for hydroxylation is 2. The molecule has 88 valence electrons. The van der Waals surface area contributed by atoms with Crippen LogP contribution in [0.5, 0.6) is 0 Å². The van der Waals surface area contributed by atoms with E-state index < -0.39 is 5.97 Å². The molecule has 0 atom stereocenters. The first-order valence-corrected chi connectivity index (χ1v) is 5.29. The third-order valence-electron chi connectivity index (χ3n) is 2.41. The lowest BCUT2D eigenvalue weighted by atomic mass is 10.1. The van der Waals surface area contributed by atoms with Crippen molar-refractivity contribution < 1.29 is 9.90 Å². The van der Waals surface area contributed by atoms with Crippen LogP contribution in [-0.2, 0) is 0 Å². The lowest BCUT2D eigenvalue weighted by Gasteiger charge is -2.06. The molecule has 6 heteroatoms. The van der Waals surface area contributed by atoms with Gasteiger partial charge in [-0.2, -0.15) is 5.10 Å². The number of rotatable bonds is 2. The Morgan fingerprint density at radius 2 is 2.18 bits per heavy atom. The van der Waals surface area contributed by atoms with Gasteiger partial charge in [-0.15, -0.1) is 0 Å². The van der Waals surface area contributed by atoms with E-state index in [9.17, 15) is 4.79 Å². The van der Waals surface area contributed by atoms with E-state index in [1.807, 2.05) is 0 Å². The maximum absolute atomic E-state index is 11.2. The van der Waals surface area contributed by atoms with Crippen LogP contribution in [0.3, 0.4) is 0 Å². The van der Waals surface area contributed by atoms with Crippen LogP contribution in [-0.4, -0.2) is 25.8 Å². The highest BCUT2D eigenvalue weighted by molar-refractivity contribution is 6.31. The van der Waals surface area contributed by atoms with E-state index in [0.717, 1.165) is 0 Å². The molecule has 0 saturated heterocycles. The lowest BCUT2D eigenvalue weighted by Crippen LogP contribution is -2.10. The first-order chi connectivity index (χ1) is 8.00. The molecule has 2 rings (SSSR count). The van der Waals surface area contributed by atoms with E-state index >= 15 is 0 Å². The van der Waals surface area contributed by atoms with Gasteiger partial charge in [0.05, 0.1) is 16.9 Å². The van der Waals surface area contributed by atoms with Crippen LogP contribution < -0.4 is 0 Å². The van der Waals surface area contributed by atoms with Gasteiger partial charge < -0.3 is 5.11 Å². The number of hydrogen-bond acceptors (Lipinski definition) is 3. The van der Waals surface area contributed by atoms with Gasteiger partial charge in [0, 0.05) is 6.20 Å². The molecule has 5 nitrogen and oxygen atoms in total. The van der Waals surface area contributed by atoms with E-state index in [1.54, 1.807) is 32.3 Å². The van der Waals surface area contributed by atoms with Crippen molar-refractivity contribution in [1.29, 1.82) is 0 Å². The third kappa shape index (κ3) is 2.01. The van der Waals surface area contributed by atoms with Gasteiger partial charge in [0.1, 0.15) is 5.56 Å². The molecule has 0 saturated carbocycles. The predicted molar refractivity (Wildman–Crippen MR) is 62.8 cm³/mol. The molecular weight excluding hydrogens is 242 g/mol. The summed E-state index contributed by atoms with van der Waals surface area (Å²) in [5, 5.41) is 13.8. The average Bonchev–Trinajstić information content (AvgIpc) is 2.58. The zero-order chi connectivity index (χ0) is 12.6. The maximum atomic E-state index is 11.2. The Labute approximate surface area is 103 Å². The third-order valence-corrected chi connectivity index (χ3v) is 2.78. The summed E-state index contributed by atoms with van der Waals surface area (Å²) in [6, 6.07) is 1.64. The van der Waals surface area contributed by atoms with Crippen LogP contribution in [0.15, 0.2) is 18.5 Å². The van der Waals surface area contributed by atoms with E-state index in [4.69, 9.17) is 16.7 Å². The number of nitrogens with zero attached hydrogens (tertiary/aromatic N) is 3. The summed E-state index contributed by atoms with van der Waals surface area (Å²) in [6.07, 6.45) is 3.09. The standard InChI is InChI=1S/C11H10ClN3O2/c1-6-3-4-13-10(9(6)11(16)17)15-5-8(12)7(2)14-15/h3-5H,1-2H3,(H,16,17). The van der Waals surface area contributed by atoms with Crippen molar-refractivity contribution in [3.63, 3.8) is 0 Å². The molecule has 0 bridgehead atoms. The Morgan fingerprint density at radius 3 is 2.71 bits per heavy atom. The summed E-state index contributed by atoms with van der Waals surface area (Å²) in [6.45, 7) is 3.46. The Hall–Kier alpha value is -1.88. The molecule has 17 heavy (non-hydrogen) atoms. The van der Waals surface area contributed by atoms with Crippen LogP contribution in [0.4, 0.5) is 0 Å². The topological polar surface area (TPSA) is 68.0 Å². The van der Waals surface area contributed by atoms with Gasteiger partial charge in [0.15, 0.2) is 5.82 Å². The summed E-state index contributed by atoms with van der Waals surface area (Å²) in [5.41, 5.74) is 1.39. The minimum Gasteiger partial charge on any atom is -0.478 e. The average molecular weight is 252 g/mol. The fourth-order valence-electron chi connectivity index (χ4n) is 1.53. The summed E-state index contributed by atoms with van der Waals surface area (Å²) >= 11 is 5.89. The van der Waals surface area contributed by atoms with Crippen molar-refractivity contribution in [3.05, 3.63) is 40.3 Å². The fourth-order valence-corrected chi connectivity index (χ4v) is 1.66. The number of hydrogen-bond donors (Lipinski definition) is 1. The monoisotopic (exact) mass is 251 g/mol. The predicted octanol–water partition coefficient (Wildman–Crippen LogP) is 2.24. The van der Waals surface area contributed by atoms with Gasteiger partial charge in [-0.25, -0.2) is 14.5 Å². The molecule has 0 unspecified atom stereocenters. The van der Waals surface area contributed by atoms with Gasteiger partial charge in [0.25, 0.3) is 0 Å². The number of halogens is 1. The van der Waals surface area contributed by atoms with E-state index in [2.05, 4.69) is 10.1 Å². The minimum absolute atomic E-state index is 0.131. The lowest BCUT2D eigenvalue weighted by molar-refractivity contribution is 0.0695. The summed E-state index contributed by atoms with van der Waals surface area (Å²) in [7, 11) is 0. The molecule has 0 aliphatic rings. The van der Waals surface area contributed by atoms with Gasteiger partial charge in [-0.3, -0.25) is 0 Å². The molecular formula is C11H10ClN3O2. The second kappa shape index (κ2) is 4.18. The van der Waals surface area contributed by atoms with Crippen molar-refractivity contribution in [1.82, 2.24) is 14.8 Å². The molecule has 0 radical (unpaired) electrons. The highest BCUT2D eigenvalue weighted by Crippen LogP contribution is 2.19. The Bertz CT molecular complexity index is 573. The molecule has 0 aliphatic heterocycles. The molecule has 0 spiro atoms. The largest absolute Gasteiger partial charge is 0.478 e. The second-order valence-corrected chi connectivity index (χ2v) is 4.05. The molecule has 2 aromatic rings. The molecule has 0 amide bonds. The second-order valence-electron chi connectivity index (χ2n) is 3.64. The minimum atomic E-state index is -1.03. The Morgan fingerprint density at radius 1 is 1.47 bits per heavy atom. The van der Waals surface area contributed by atoms with Gasteiger partial charge in [-0.05, 0) is 25.5 Å². The van der Waals surface area contributed by atoms with Gasteiger partial charge in [0.2, 0.25) is 0 Å². The SMILES string of the molecule is Cc1ccnc(-n2cc(Cl)c(C)n2)c1C(=O)O. The summed E-state index contributed by atoms with van der Waals surface area (Å²) < 4.78 is 1.38. The molecule has 0 aromatic carbocycles. The van der Waals surface area contributed by atoms with Crippen LogP contribution in [0.1, 0.15) is 21.6 Å². The van der Waals surface area contributed by atoms with Crippen molar-refractivity contribution in [2.45, 2.75) is 13.8 Å². The zero-order valence-corrected chi connectivity index (χ0v) is 10.1. The quantitative estimate of drug-likeness (QED) is 0.889. The van der Waals surface area contributed by atoms with E-state index in [-0.39, 0.29) is 11.4 Å². The number of aromatic carboxylic acids is 1. The molecule has 2 aromatic heterocycles. The van der Waals surface area contributed by atoms with Crippen LogP contribution in [0, 0.1) is 13.8 Å². The highest BCUT2D eigenvalue weighted by atomic mass is 35.5. The van der Waals surface area contributed by atoms with Crippen molar-refractivity contribution >= 4 is 17.6 Å². The summed E-state index contributed by atoms with van der Waals surface area (Å²) in [5.74, 6) is -0.762. The Kier molecular flexibility index (Phi) is 2.85. The normalized spacial score (nSPS) is 10.5. The van der Waals surface area contributed by atoms with Gasteiger partial charge >= 0.3 is 5.97 Å². The van der Waals surface area contributed by atoms with Crippen LogP contribution >= 0.6 is 11.6 Å². The number of carbonyl (C=O) groups is 1.